The topological polar surface area (TPSA) is 52.8 Å². The fraction of sp³-hybridized carbons (Fsp3) is 0.722. The maximum absolute atomic E-state index is 5.34. The van der Waals surface area contributed by atoms with Gasteiger partial charge in [-0.2, -0.15) is 0 Å². The van der Waals surface area contributed by atoms with E-state index in [9.17, 15) is 0 Å². The van der Waals surface area contributed by atoms with E-state index >= 15 is 0 Å². The second kappa shape index (κ2) is 10.3. The van der Waals surface area contributed by atoms with Crippen molar-refractivity contribution in [3.63, 3.8) is 0 Å². The van der Waals surface area contributed by atoms with E-state index in [1.165, 1.54) is 32.5 Å². The summed E-state index contributed by atoms with van der Waals surface area (Å²) in [6, 6.07) is 3.93. The Balaban J connectivity index is 1.64. The molecule has 0 bridgehead atoms. The number of hydrogen-bond acceptors (Lipinski definition) is 3. The quantitative estimate of drug-likeness (QED) is 0.439. The highest BCUT2D eigenvalue weighted by molar-refractivity contribution is 5.79. The average molecular weight is 320 g/mol. The largest absolute Gasteiger partial charge is 0.469 e. The van der Waals surface area contributed by atoms with Crippen molar-refractivity contribution in [1.29, 1.82) is 0 Å². The maximum atomic E-state index is 5.34. The van der Waals surface area contributed by atoms with E-state index < -0.39 is 0 Å². The molecule has 1 aliphatic rings. The van der Waals surface area contributed by atoms with Crippen LogP contribution in [0.5, 0.6) is 0 Å². The summed E-state index contributed by atoms with van der Waals surface area (Å²) < 4.78 is 5.34. The Morgan fingerprint density at radius 1 is 1.43 bits per heavy atom. The number of likely N-dealkylation sites (tertiary alicyclic amines) is 1. The lowest BCUT2D eigenvalue weighted by atomic mass is 10.0. The monoisotopic (exact) mass is 320 g/mol. The lowest BCUT2D eigenvalue weighted by Crippen LogP contribution is -2.38. The van der Waals surface area contributed by atoms with E-state index in [0.29, 0.717) is 0 Å². The van der Waals surface area contributed by atoms with Crippen LogP contribution in [0.2, 0.25) is 0 Å². The van der Waals surface area contributed by atoms with Gasteiger partial charge >= 0.3 is 0 Å². The third-order valence-electron chi connectivity index (χ3n) is 4.23. The number of rotatable bonds is 8. The molecule has 0 spiro atoms. The molecule has 2 rings (SSSR count). The Kier molecular flexibility index (Phi) is 8.01. The first-order valence-corrected chi connectivity index (χ1v) is 9.05. The van der Waals surface area contributed by atoms with Crippen LogP contribution in [-0.2, 0) is 6.42 Å². The predicted octanol–water partition coefficient (Wildman–Crippen LogP) is 2.50. The number of hydrogen-bond donors (Lipinski definition) is 2. The van der Waals surface area contributed by atoms with Crippen molar-refractivity contribution in [2.24, 2.45) is 10.9 Å². The van der Waals surface area contributed by atoms with Crippen molar-refractivity contribution in [3.05, 3.63) is 24.2 Å². The van der Waals surface area contributed by atoms with E-state index in [1.54, 1.807) is 6.26 Å². The zero-order valence-corrected chi connectivity index (χ0v) is 14.7. The molecule has 23 heavy (non-hydrogen) atoms. The zero-order valence-electron chi connectivity index (χ0n) is 14.7. The van der Waals surface area contributed by atoms with Gasteiger partial charge in [-0.25, -0.2) is 0 Å². The lowest BCUT2D eigenvalue weighted by molar-refractivity contribution is 0.183. The highest BCUT2D eigenvalue weighted by Crippen LogP contribution is 2.15. The molecular weight excluding hydrogens is 288 g/mol. The summed E-state index contributed by atoms with van der Waals surface area (Å²) in [5.74, 6) is 2.77. The van der Waals surface area contributed by atoms with Crippen molar-refractivity contribution >= 4 is 5.96 Å². The number of aliphatic imine (C=N–C) groups is 1. The number of nitrogens with one attached hydrogen (secondary N) is 2. The minimum absolute atomic E-state index is 0.836. The molecule has 1 fully saturated rings. The van der Waals surface area contributed by atoms with Crippen LogP contribution < -0.4 is 10.6 Å². The van der Waals surface area contributed by atoms with Gasteiger partial charge in [0.1, 0.15) is 5.76 Å². The van der Waals surface area contributed by atoms with Gasteiger partial charge in [0.2, 0.25) is 0 Å². The Morgan fingerprint density at radius 2 is 2.35 bits per heavy atom. The van der Waals surface area contributed by atoms with Gasteiger partial charge in [-0.05, 0) is 57.3 Å². The summed E-state index contributed by atoms with van der Waals surface area (Å²) in [6.45, 7) is 10.7. The van der Waals surface area contributed by atoms with Crippen molar-refractivity contribution < 1.29 is 4.42 Å². The predicted molar refractivity (Wildman–Crippen MR) is 95.8 cm³/mol. The van der Waals surface area contributed by atoms with Gasteiger partial charge in [-0.15, -0.1) is 0 Å². The molecule has 5 heteroatoms. The molecular formula is C18H32N4O. The lowest BCUT2D eigenvalue weighted by Gasteiger charge is -2.30. The molecule has 1 saturated heterocycles. The molecule has 0 radical (unpaired) electrons. The first-order valence-electron chi connectivity index (χ1n) is 9.05. The SMILES string of the molecule is CCNC(=NCCCN1CCCC(C)C1)NCCc1ccco1. The summed E-state index contributed by atoms with van der Waals surface area (Å²) in [6.07, 6.45) is 6.46. The third-order valence-corrected chi connectivity index (χ3v) is 4.23. The van der Waals surface area contributed by atoms with Gasteiger partial charge in [0.05, 0.1) is 6.26 Å². The second-order valence-electron chi connectivity index (χ2n) is 6.42. The standard InChI is InChI=1S/C18H32N4O/c1-3-19-18(21-11-9-17-8-5-14-23-17)20-10-6-13-22-12-4-7-16(2)15-22/h5,8,14,16H,3-4,6-7,9-13,15H2,1-2H3,(H2,19,20,21). The van der Waals surface area contributed by atoms with Gasteiger partial charge in [0.25, 0.3) is 0 Å². The van der Waals surface area contributed by atoms with Crippen LogP contribution in [0.4, 0.5) is 0 Å². The van der Waals surface area contributed by atoms with E-state index in [1.807, 2.05) is 12.1 Å². The summed E-state index contributed by atoms with van der Waals surface area (Å²) in [5.41, 5.74) is 0. The molecule has 0 aliphatic carbocycles. The number of furan rings is 1. The smallest absolute Gasteiger partial charge is 0.191 e. The molecule has 2 N–H and O–H groups in total. The van der Waals surface area contributed by atoms with Crippen molar-refractivity contribution in [2.75, 3.05) is 39.3 Å². The Bertz CT molecular complexity index is 444. The van der Waals surface area contributed by atoms with Crippen LogP contribution in [0.15, 0.2) is 27.8 Å². The number of nitrogens with zero attached hydrogens (tertiary/aromatic N) is 2. The average Bonchev–Trinajstić information content (AvgIpc) is 3.05. The van der Waals surface area contributed by atoms with Crippen LogP contribution in [0.25, 0.3) is 0 Å². The van der Waals surface area contributed by atoms with Crippen LogP contribution >= 0.6 is 0 Å². The Labute approximate surface area is 140 Å². The van der Waals surface area contributed by atoms with E-state index in [2.05, 4.69) is 34.4 Å². The first-order chi connectivity index (χ1) is 11.3. The summed E-state index contributed by atoms with van der Waals surface area (Å²) in [5, 5.41) is 6.67. The molecule has 1 unspecified atom stereocenters. The van der Waals surface area contributed by atoms with Crippen LogP contribution in [0.1, 0.15) is 38.9 Å². The molecule has 1 aromatic rings. The molecule has 0 saturated carbocycles. The molecule has 1 aliphatic heterocycles. The summed E-state index contributed by atoms with van der Waals surface area (Å²) >= 11 is 0. The molecule has 1 atom stereocenters. The molecule has 0 aromatic carbocycles. The normalized spacial score (nSPS) is 19.7. The van der Waals surface area contributed by atoms with Gasteiger partial charge in [-0.1, -0.05) is 6.92 Å². The summed E-state index contributed by atoms with van der Waals surface area (Å²) in [7, 11) is 0. The number of piperidine rings is 1. The third kappa shape index (κ3) is 7.08. The minimum atomic E-state index is 0.836. The van der Waals surface area contributed by atoms with Crippen molar-refractivity contribution in [1.82, 2.24) is 15.5 Å². The minimum Gasteiger partial charge on any atom is -0.469 e. The van der Waals surface area contributed by atoms with Crippen LogP contribution in [0, 0.1) is 5.92 Å². The van der Waals surface area contributed by atoms with Crippen LogP contribution in [-0.4, -0.2) is 50.1 Å². The van der Waals surface area contributed by atoms with Gasteiger partial charge in [-0.3, -0.25) is 4.99 Å². The fourth-order valence-corrected chi connectivity index (χ4v) is 3.08. The summed E-state index contributed by atoms with van der Waals surface area (Å²) in [4.78, 5) is 7.26. The van der Waals surface area contributed by atoms with Gasteiger partial charge in [0.15, 0.2) is 5.96 Å². The Hall–Kier alpha value is -1.49. The highest BCUT2D eigenvalue weighted by atomic mass is 16.3. The van der Waals surface area contributed by atoms with E-state index in [4.69, 9.17) is 4.42 Å². The van der Waals surface area contributed by atoms with Crippen molar-refractivity contribution in [3.8, 4) is 0 Å². The Morgan fingerprint density at radius 3 is 3.09 bits per heavy atom. The molecule has 0 amide bonds. The zero-order chi connectivity index (χ0) is 16.3. The van der Waals surface area contributed by atoms with Gasteiger partial charge < -0.3 is 20.0 Å². The second-order valence-corrected chi connectivity index (χ2v) is 6.42. The van der Waals surface area contributed by atoms with Crippen LogP contribution in [0.3, 0.4) is 0 Å². The number of guanidine groups is 1. The molecule has 5 nitrogen and oxygen atoms in total. The fourth-order valence-electron chi connectivity index (χ4n) is 3.08. The van der Waals surface area contributed by atoms with Crippen molar-refractivity contribution in [2.45, 2.75) is 39.5 Å². The van der Waals surface area contributed by atoms with E-state index in [0.717, 1.165) is 50.1 Å². The maximum Gasteiger partial charge on any atom is 0.191 e. The highest BCUT2D eigenvalue weighted by Gasteiger charge is 2.15. The molecule has 1 aromatic heterocycles. The molecule has 2 heterocycles. The first kappa shape index (κ1) is 17.9. The molecule has 130 valence electrons. The van der Waals surface area contributed by atoms with E-state index in [-0.39, 0.29) is 0 Å². The van der Waals surface area contributed by atoms with Gasteiger partial charge in [0, 0.05) is 32.6 Å².